The fraction of sp³-hybridized carbons (Fsp3) is 0.333. The van der Waals surface area contributed by atoms with Gasteiger partial charge in [-0.1, -0.05) is 24.3 Å². The van der Waals surface area contributed by atoms with Gasteiger partial charge in [-0.25, -0.2) is 0 Å². The molecule has 17 heavy (non-hydrogen) atoms. The highest BCUT2D eigenvalue weighted by Gasteiger charge is 2.34. The molecule has 1 aromatic heterocycles. The third-order valence-electron chi connectivity index (χ3n) is 4.16. The van der Waals surface area contributed by atoms with Gasteiger partial charge in [-0.3, -0.25) is 0 Å². The van der Waals surface area contributed by atoms with Crippen LogP contribution in [0, 0.1) is 0 Å². The molecular formula is C15H15NS. The van der Waals surface area contributed by atoms with Gasteiger partial charge in [-0.2, -0.15) is 0 Å². The maximum absolute atomic E-state index is 3.71. The molecule has 1 nitrogen and oxygen atoms in total. The number of thiophene rings is 1. The second kappa shape index (κ2) is 3.69. The lowest BCUT2D eigenvalue weighted by molar-refractivity contribution is 0.398. The molecule has 1 aromatic carbocycles. The maximum Gasteiger partial charge on any atom is 0.0305 e. The van der Waals surface area contributed by atoms with Crippen LogP contribution in [-0.2, 0) is 13.0 Å². The fourth-order valence-corrected chi connectivity index (χ4v) is 4.24. The Kier molecular flexibility index (Phi) is 2.14. The molecule has 2 heteroatoms. The van der Waals surface area contributed by atoms with Gasteiger partial charge in [-0.15, -0.1) is 11.3 Å². The number of rotatable bonds is 0. The SMILES string of the molecule is c1ccc2c(c1)CC[C@@H]1NCc3sccc3[C@H]21. The summed E-state index contributed by atoms with van der Waals surface area (Å²) in [5.74, 6) is 0.593. The summed E-state index contributed by atoms with van der Waals surface area (Å²) in [6.07, 6.45) is 2.50. The Labute approximate surface area is 105 Å². The molecule has 0 amide bonds. The average Bonchev–Trinajstić information content (AvgIpc) is 2.86. The van der Waals surface area contributed by atoms with E-state index in [1.165, 1.54) is 17.7 Å². The van der Waals surface area contributed by atoms with Crippen LogP contribution in [0.25, 0.3) is 0 Å². The summed E-state index contributed by atoms with van der Waals surface area (Å²) in [5.41, 5.74) is 4.68. The van der Waals surface area contributed by atoms with Crippen LogP contribution in [0.15, 0.2) is 35.7 Å². The second-order valence-corrected chi connectivity index (χ2v) is 6.00. The molecule has 0 spiro atoms. The van der Waals surface area contributed by atoms with Crippen molar-refractivity contribution in [3.05, 3.63) is 57.3 Å². The number of hydrogen-bond donors (Lipinski definition) is 1. The highest BCUT2D eigenvalue weighted by Crippen LogP contribution is 2.42. The summed E-state index contributed by atoms with van der Waals surface area (Å²) in [7, 11) is 0. The van der Waals surface area contributed by atoms with Gasteiger partial charge in [0.2, 0.25) is 0 Å². The predicted molar refractivity (Wildman–Crippen MR) is 71.6 cm³/mol. The Hall–Kier alpha value is -1.12. The van der Waals surface area contributed by atoms with Gasteiger partial charge in [0.25, 0.3) is 0 Å². The molecule has 1 aliphatic carbocycles. The van der Waals surface area contributed by atoms with E-state index >= 15 is 0 Å². The van der Waals surface area contributed by atoms with Crippen molar-refractivity contribution in [3.8, 4) is 0 Å². The normalized spacial score (nSPS) is 25.9. The lowest BCUT2D eigenvalue weighted by Crippen LogP contribution is -2.41. The molecule has 2 heterocycles. The van der Waals surface area contributed by atoms with Crippen LogP contribution in [0.2, 0.25) is 0 Å². The summed E-state index contributed by atoms with van der Waals surface area (Å²) >= 11 is 1.89. The fourth-order valence-electron chi connectivity index (χ4n) is 3.36. The van der Waals surface area contributed by atoms with Crippen molar-refractivity contribution in [2.45, 2.75) is 31.3 Å². The van der Waals surface area contributed by atoms with E-state index in [0.29, 0.717) is 12.0 Å². The van der Waals surface area contributed by atoms with Gasteiger partial charge in [0, 0.05) is 23.4 Å². The number of nitrogens with one attached hydrogen (secondary N) is 1. The average molecular weight is 241 g/mol. The Morgan fingerprint density at radius 3 is 3.06 bits per heavy atom. The first-order chi connectivity index (χ1) is 8.43. The highest BCUT2D eigenvalue weighted by atomic mass is 32.1. The molecule has 0 fully saturated rings. The topological polar surface area (TPSA) is 12.0 Å². The van der Waals surface area contributed by atoms with Crippen molar-refractivity contribution < 1.29 is 0 Å². The van der Waals surface area contributed by atoms with Gasteiger partial charge < -0.3 is 5.32 Å². The Balaban J connectivity index is 1.91. The van der Waals surface area contributed by atoms with Crippen LogP contribution in [0.4, 0.5) is 0 Å². The van der Waals surface area contributed by atoms with Crippen LogP contribution in [0.3, 0.4) is 0 Å². The minimum Gasteiger partial charge on any atom is -0.308 e. The summed E-state index contributed by atoms with van der Waals surface area (Å²) in [6.45, 7) is 1.07. The Bertz CT molecular complexity index is 558. The highest BCUT2D eigenvalue weighted by molar-refractivity contribution is 7.10. The van der Waals surface area contributed by atoms with E-state index < -0.39 is 0 Å². The van der Waals surface area contributed by atoms with E-state index in [1.807, 2.05) is 11.3 Å². The van der Waals surface area contributed by atoms with Crippen molar-refractivity contribution in [2.24, 2.45) is 0 Å². The van der Waals surface area contributed by atoms with Crippen molar-refractivity contribution in [1.29, 1.82) is 0 Å². The molecule has 0 unspecified atom stereocenters. The molecule has 1 aliphatic heterocycles. The smallest absolute Gasteiger partial charge is 0.0305 e. The van der Waals surface area contributed by atoms with Gasteiger partial charge in [-0.05, 0) is 41.0 Å². The number of aryl methyl sites for hydroxylation is 1. The number of hydrogen-bond acceptors (Lipinski definition) is 2. The first kappa shape index (κ1) is 9.86. The van der Waals surface area contributed by atoms with Crippen LogP contribution in [0.5, 0.6) is 0 Å². The van der Waals surface area contributed by atoms with Crippen LogP contribution in [-0.4, -0.2) is 6.04 Å². The van der Waals surface area contributed by atoms with Gasteiger partial charge in [0.05, 0.1) is 0 Å². The molecule has 4 rings (SSSR count). The number of benzene rings is 1. The minimum absolute atomic E-state index is 0.593. The first-order valence-corrected chi connectivity index (χ1v) is 7.19. The molecule has 2 aliphatic rings. The molecule has 2 atom stereocenters. The Morgan fingerprint density at radius 1 is 1.12 bits per heavy atom. The van der Waals surface area contributed by atoms with E-state index in [9.17, 15) is 0 Å². The van der Waals surface area contributed by atoms with Gasteiger partial charge in [0.15, 0.2) is 0 Å². The van der Waals surface area contributed by atoms with E-state index in [-0.39, 0.29) is 0 Å². The molecule has 0 bridgehead atoms. The second-order valence-electron chi connectivity index (χ2n) is 5.00. The van der Waals surface area contributed by atoms with Gasteiger partial charge >= 0.3 is 0 Å². The van der Waals surface area contributed by atoms with E-state index in [0.717, 1.165) is 6.54 Å². The lowest BCUT2D eigenvalue weighted by Gasteiger charge is -2.38. The molecule has 2 aromatic rings. The third kappa shape index (κ3) is 1.41. The zero-order chi connectivity index (χ0) is 11.2. The zero-order valence-corrected chi connectivity index (χ0v) is 10.5. The predicted octanol–water partition coefficient (Wildman–Crippen LogP) is 3.30. The van der Waals surface area contributed by atoms with Crippen molar-refractivity contribution >= 4 is 11.3 Å². The molecule has 0 radical (unpaired) electrons. The number of fused-ring (bicyclic) bond motifs is 5. The summed E-state index contributed by atoms with van der Waals surface area (Å²) in [5, 5.41) is 5.96. The molecule has 86 valence electrons. The van der Waals surface area contributed by atoms with Crippen LogP contribution >= 0.6 is 11.3 Å². The van der Waals surface area contributed by atoms with Crippen LogP contribution in [0.1, 0.15) is 33.9 Å². The molecular weight excluding hydrogens is 226 g/mol. The maximum atomic E-state index is 3.71. The summed E-state index contributed by atoms with van der Waals surface area (Å²) < 4.78 is 0. The van der Waals surface area contributed by atoms with E-state index in [2.05, 4.69) is 41.0 Å². The quantitative estimate of drug-likeness (QED) is 0.746. The summed E-state index contributed by atoms with van der Waals surface area (Å²) in [6, 6.07) is 12.0. The van der Waals surface area contributed by atoms with E-state index in [1.54, 1.807) is 16.7 Å². The largest absolute Gasteiger partial charge is 0.308 e. The monoisotopic (exact) mass is 241 g/mol. The first-order valence-electron chi connectivity index (χ1n) is 6.31. The van der Waals surface area contributed by atoms with Crippen molar-refractivity contribution in [2.75, 3.05) is 0 Å². The lowest BCUT2D eigenvalue weighted by atomic mass is 9.74. The Morgan fingerprint density at radius 2 is 2.06 bits per heavy atom. The van der Waals surface area contributed by atoms with Gasteiger partial charge in [0.1, 0.15) is 0 Å². The molecule has 0 saturated carbocycles. The molecule has 1 N–H and O–H groups in total. The zero-order valence-electron chi connectivity index (χ0n) is 9.65. The van der Waals surface area contributed by atoms with Crippen LogP contribution < -0.4 is 5.32 Å². The standard InChI is InChI=1S/C15H15NS/c1-2-4-11-10(3-1)5-6-13-15(11)12-7-8-17-14(12)9-16-13/h1-4,7-8,13,15-16H,5-6,9H2/t13-,15-/m0/s1. The molecule has 0 saturated heterocycles. The van der Waals surface area contributed by atoms with Crippen molar-refractivity contribution in [3.63, 3.8) is 0 Å². The van der Waals surface area contributed by atoms with Crippen molar-refractivity contribution in [1.82, 2.24) is 5.32 Å². The minimum atomic E-state index is 0.593. The van der Waals surface area contributed by atoms with E-state index in [4.69, 9.17) is 0 Å². The summed E-state index contributed by atoms with van der Waals surface area (Å²) in [4.78, 5) is 1.53. The third-order valence-corrected chi connectivity index (χ3v) is 5.09.